The Balaban J connectivity index is 1.83. The molecule has 1 aromatic rings. The van der Waals surface area contributed by atoms with Crippen molar-refractivity contribution < 1.29 is 9.59 Å². The highest BCUT2D eigenvalue weighted by molar-refractivity contribution is 6.07. The van der Waals surface area contributed by atoms with Crippen LogP contribution in [0.25, 0.3) is 0 Å². The van der Waals surface area contributed by atoms with Crippen LogP contribution in [0.2, 0.25) is 0 Å². The van der Waals surface area contributed by atoms with Gasteiger partial charge >= 0.3 is 0 Å². The van der Waals surface area contributed by atoms with Crippen LogP contribution in [0.4, 0.5) is 5.69 Å². The summed E-state index contributed by atoms with van der Waals surface area (Å²) in [5, 5.41) is 6.07. The summed E-state index contributed by atoms with van der Waals surface area (Å²) in [6.45, 7) is 4.14. The molecule has 1 aliphatic heterocycles. The maximum Gasteiger partial charge on any atom is 0.234 e. The lowest BCUT2D eigenvalue weighted by Gasteiger charge is -2.15. The Hall–Kier alpha value is -1.68. The van der Waals surface area contributed by atoms with E-state index in [9.17, 15) is 9.59 Å². The first-order valence-electron chi connectivity index (χ1n) is 6.71. The number of rotatable bonds is 4. The fraction of sp³-hybridized carbons (Fsp3) is 0.467. The van der Waals surface area contributed by atoms with Gasteiger partial charge in [0, 0.05) is 17.3 Å². The molecule has 1 fully saturated rings. The molecule has 1 heterocycles. The average molecular weight is 258 g/mol. The maximum atomic E-state index is 12.1. The minimum atomic E-state index is -0.560. The molecule has 0 atom stereocenters. The number of Topliss-reactive ketones (excluding diaryl/α,β-unsaturated/α-hetero) is 1. The molecule has 1 aliphatic carbocycles. The van der Waals surface area contributed by atoms with Crippen molar-refractivity contribution in [3.05, 3.63) is 29.3 Å². The van der Waals surface area contributed by atoms with Gasteiger partial charge in [0.1, 0.15) is 0 Å². The van der Waals surface area contributed by atoms with Crippen LogP contribution in [0, 0.1) is 0 Å². The number of carbonyl (C=O) groups excluding carboxylic acids is 2. The van der Waals surface area contributed by atoms with Gasteiger partial charge in [-0.3, -0.25) is 9.59 Å². The van der Waals surface area contributed by atoms with Crippen molar-refractivity contribution in [3.8, 4) is 0 Å². The van der Waals surface area contributed by atoms with E-state index in [0.717, 1.165) is 11.3 Å². The Morgan fingerprint density at radius 2 is 2.16 bits per heavy atom. The smallest absolute Gasteiger partial charge is 0.234 e. The van der Waals surface area contributed by atoms with Crippen LogP contribution >= 0.6 is 0 Å². The van der Waals surface area contributed by atoms with Crippen LogP contribution in [-0.4, -0.2) is 24.3 Å². The number of hydrogen-bond donors (Lipinski definition) is 2. The second kappa shape index (κ2) is 4.17. The molecule has 0 saturated heterocycles. The molecule has 0 unspecified atom stereocenters. The van der Waals surface area contributed by atoms with E-state index in [-0.39, 0.29) is 11.7 Å². The third-order valence-electron chi connectivity index (χ3n) is 3.96. The van der Waals surface area contributed by atoms with Crippen LogP contribution in [0.15, 0.2) is 18.2 Å². The Morgan fingerprint density at radius 3 is 2.84 bits per heavy atom. The largest absolute Gasteiger partial charge is 0.325 e. The van der Waals surface area contributed by atoms with E-state index < -0.39 is 5.41 Å². The van der Waals surface area contributed by atoms with E-state index in [1.54, 1.807) is 6.07 Å². The van der Waals surface area contributed by atoms with Crippen LogP contribution in [0.1, 0.15) is 42.6 Å². The summed E-state index contributed by atoms with van der Waals surface area (Å²) in [6, 6.07) is 5.99. The van der Waals surface area contributed by atoms with Gasteiger partial charge in [-0.1, -0.05) is 0 Å². The van der Waals surface area contributed by atoms with Gasteiger partial charge in [-0.05, 0) is 50.5 Å². The van der Waals surface area contributed by atoms with Gasteiger partial charge in [-0.2, -0.15) is 0 Å². The molecular weight excluding hydrogens is 240 g/mol. The van der Waals surface area contributed by atoms with Crippen molar-refractivity contribution in [1.82, 2.24) is 5.32 Å². The van der Waals surface area contributed by atoms with Gasteiger partial charge in [-0.25, -0.2) is 0 Å². The zero-order valence-electron chi connectivity index (χ0n) is 11.2. The monoisotopic (exact) mass is 258 g/mol. The fourth-order valence-corrected chi connectivity index (χ4v) is 2.37. The van der Waals surface area contributed by atoms with Crippen molar-refractivity contribution in [2.75, 3.05) is 11.9 Å². The Labute approximate surface area is 112 Å². The standard InChI is InChI=1S/C15H18N2O2/c1-15(2)11-7-9(3-6-12(11)17-14(15)19)13(18)8-16-10-4-5-10/h3,6-7,10,16H,4-5,8H2,1-2H3,(H,17,19). The molecular formula is C15H18N2O2. The first kappa shape index (κ1) is 12.4. The molecule has 1 amide bonds. The highest BCUT2D eigenvalue weighted by Crippen LogP contribution is 2.37. The Kier molecular flexibility index (Phi) is 2.71. The SMILES string of the molecule is CC1(C)C(=O)Nc2ccc(C(=O)CNC3CC3)cc21. The maximum absolute atomic E-state index is 12.1. The quantitative estimate of drug-likeness (QED) is 0.810. The Bertz CT molecular complexity index is 559. The van der Waals surface area contributed by atoms with Crippen LogP contribution in [0.5, 0.6) is 0 Å². The third kappa shape index (κ3) is 2.16. The number of anilines is 1. The molecule has 0 bridgehead atoms. The number of nitrogens with one attached hydrogen (secondary N) is 2. The third-order valence-corrected chi connectivity index (χ3v) is 3.96. The fourth-order valence-electron chi connectivity index (χ4n) is 2.37. The number of fused-ring (bicyclic) bond motifs is 1. The first-order chi connectivity index (χ1) is 8.98. The zero-order valence-corrected chi connectivity index (χ0v) is 11.2. The normalized spacial score (nSPS) is 20.0. The summed E-state index contributed by atoms with van der Waals surface area (Å²) in [5.41, 5.74) is 1.85. The summed E-state index contributed by atoms with van der Waals surface area (Å²) in [6.07, 6.45) is 2.34. The molecule has 4 nitrogen and oxygen atoms in total. The van der Waals surface area contributed by atoms with E-state index >= 15 is 0 Å². The van der Waals surface area contributed by atoms with E-state index in [1.807, 2.05) is 26.0 Å². The van der Waals surface area contributed by atoms with Crippen LogP contribution in [-0.2, 0) is 10.2 Å². The number of benzene rings is 1. The second-order valence-electron chi connectivity index (χ2n) is 5.92. The van der Waals surface area contributed by atoms with Crippen molar-refractivity contribution in [2.45, 2.75) is 38.1 Å². The lowest BCUT2D eigenvalue weighted by atomic mass is 9.85. The van der Waals surface area contributed by atoms with Crippen molar-refractivity contribution in [1.29, 1.82) is 0 Å². The van der Waals surface area contributed by atoms with E-state index in [0.29, 0.717) is 18.2 Å². The molecule has 1 saturated carbocycles. The molecule has 100 valence electrons. The van der Waals surface area contributed by atoms with Crippen molar-refractivity contribution in [3.63, 3.8) is 0 Å². The molecule has 0 aromatic heterocycles. The van der Waals surface area contributed by atoms with Crippen molar-refractivity contribution >= 4 is 17.4 Å². The number of amides is 1. The molecule has 1 aromatic carbocycles. The minimum Gasteiger partial charge on any atom is -0.325 e. The van der Waals surface area contributed by atoms with E-state index in [1.165, 1.54) is 12.8 Å². The molecule has 3 rings (SSSR count). The van der Waals surface area contributed by atoms with Gasteiger partial charge in [0.05, 0.1) is 12.0 Å². The number of carbonyl (C=O) groups is 2. The van der Waals surface area contributed by atoms with Gasteiger partial charge in [0.15, 0.2) is 5.78 Å². The molecule has 2 aliphatic rings. The molecule has 19 heavy (non-hydrogen) atoms. The summed E-state index contributed by atoms with van der Waals surface area (Å²) in [5.74, 6) is 0.0769. The summed E-state index contributed by atoms with van der Waals surface area (Å²) < 4.78 is 0. The van der Waals surface area contributed by atoms with E-state index in [4.69, 9.17) is 0 Å². The summed E-state index contributed by atoms with van der Waals surface area (Å²) >= 11 is 0. The highest BCUT2D eigenvalue weighted by atomic mass is 16.2. The van der Waals surface area contributed by atoms with Crippen LogP contribution in [0.3, 0.4) is 0 Å². The van der Waals surface area contributed by atoms with Gasteiger partial charge in [-0.15, -0.1) is 0 Å². The molecule has 4 heteroatoms. The van der Waals surface area contributed by atoms with Gasteiger partial charge in [0.2, 0.25) is 5.91 Å². The second-order valence-corrected chi connectivity index (χ2v) is 5.92. The number of ketones is 1. The molecule has 0 radical (unpaired) electrons. The lowest BCUT2D eigenvalue weighted by molar-refractivity contribution is -0.119. The van der Waals surface area contributed by atoms with Crippen molar-refractivity contribution in [2.24, 2.45) is 0 Å². The topological polar surface area (TPSA) is 58.2 Å². The van der Waals surface area contributed by atoms with Gasteiger partial charge in [0.25, 0.3) is 0 Å². The summed E-state index contributed by atoms with van der Waals surface area (Å²) in [4.78, 5) is 24.0. The van der Waals surface area contributed by atoms with E-state index in [2.05, 4.69) is 10.6 Å². The highest BCUT2D eigenvalue weighted by Gasteiger charge is 2.38. The predicted molar refractivity (Wildman–Crippen MR) is 73.5 cm³/mol. The van der Waals surface area contributed by atoms with Crippen LogP contribution < -0.4 is 10.6 Å². The predicted octanol–water partition coefficient (Wildman–Crippen LogP) is 1.85. The minimum absolute atomic E-state index is 0.0109. The first-order valence-corrected chi connectivity index (χ1v) is 6.71. The zero-order chi connectivity index (χ0) is 13.6. The molecule has 2 N–H and O–H groups in total. The Morgan fingerprint density at radius 1 is 1.42 bits per heavy atom. The summed E-state index contributed by atoms with van der Waals surface area (Å²) in [7, 11) is 0. The number of hydrogen-bond acceptors (Lipinski definition) is 3. The molecule has 0 spiro atoms. The average Bonchev–Trinajstić information content (AvgIpc) is 3.16. The lowest BCUT2D eigenvalue weighted by Crippen LogP contribution is -2.27. The van der Waals surface area contributed by atoms with Gasteiger partial charge < -0.3 is 10.6 Å².